The van der Waals surface area contributed by atoms with Crippen molar-refractivity contribution in [3.05, 3.63) is 0 Å². The number of nitrogens with zero attached hydrogens (tertiary/aromatic N) is 1. The second kappa shape index (κ2) is 6.80. The van der Waals surface area contributed by atoms with Gasteiger partial charge in [0.05, 0.1) is 0 Å². The number of carbonyl (C=O) groups excluding carboxylic acids is 1. The molecule has 0 aromatic carbocycles. The first-order valence-electron chi connectivity index (χ1n) is 5.57. The Morgan fingerprint density at radius 1 is 1.47 bits per heavy atom. The molecule has 15 heavy (non-hydrogen) atoms. The van der Waals surface area contributed by atoms with Crippen LogP contribution < -0.4 is 0 Å². The summed E-state index contributed by atoms with van der Waals surface area (Å²) in [6.07, 6.45) is 2.64. The summed E-state index contributed by atoms with van der Waals surface area (Å²) >= 11 is 0. The molecule has 0 aromatic rings. The maximum Gasteiger partial charge on any atom is 0.225 e. The van der Waals surface area contributed by atoms with E-state index in [1.807, 2.05) is 11.9 Å². The van der Waals surface area contributed by atoms with Crippen LogP contribution in [0.3, 0.4) is 0 Å². The number of ether oxygens (including phenoxy) is 2. The van der Waals surface area contributed by atoms with Crippen molar-refractivity contribution in [1.82, 2.24) is 4.90 Å². The molecule has 0 atom stereocenters. The fourth-order valence-corrected chi connectivity index (χ4v) is 1.81. The number of hydrogen-bond acceptors (Lipinski definition) is 3. The van der Waals surface area contributed by atoms with E-state index in [2.05, 4.69) is 0 Å². The van der Waals surface area contributed by atoms with Crippen LogP contribution >= 0.6 is 0 Å². The van der Waals surface area contributed by atoms with Crippen molar-refractivity contribution < 1.29 is 14.3 Å². The van der Waals surface area contributed by atoms with Gasteiger partial charge in [0, 0.05) is 46.4 Å². The summed E-state index contributed by atoms with van der Waals surface area (Å²) in [4.78, 5) is 13.7. The van der Waals surface area contributed by atoms with Gasteiger partial charge in [-0.25, -0.2) is 0 Å². The van der Waals surface area contributed by atoms with Gasteiger partial charge in [-0.2, -0.15) is 0 Å². The summed E-state index contributed by atoms with van der Waals surface area (Å²) < 4.78 is 10.2. The average molecular weight is 215 g/mol. The van der Waals surface area contributed by atoms with Crippen molar-refractivity contribution in [2.75, 3.05) is 40.5 Å². The predicted octanol–water partition coefficient (Wildman–Crippen LogP) is 0.908. The zero-order chi connectivity index (χ0) is 11.1. The summed E-state index contributed by atoms with van der Waals surface area (Å²) in [5, 5.41) is 0. The van der Waals surface area contributed by atoms with Crippen molar-refractivity contribution in [2.24, 2.45) is 5.92 Å². The molecule has 1 heterocycles. The van der Waals surface area contributed by atoms with E-state index in [-0.39, 0.29) is 11.8 Å². The lowest BCUT2D eigenvalue weighted by Gasteiger charge is -2.26. The molecule has 0 unspecified atom stereocenters. The fourth-order valence-electron chi connectivity index (χ4n) is 1.81. The van der Waals surface area contributed by atoms with Crippen LogP contribution in [0.15, 0.2) is 0 Å². The Labute approximate surface area is 91.5 Å². The van der Waals surface area contributed by atoms with Gasteiger partial charge in [-0.1, -0.05) is 0 Å². The lowest BCUT2D eigenvalue weighted by Crippen LogP contribution is -2.36. The summed E-state index contributed by atoms with van der Waals surface area (Å²) in [6.45, 7) is 2.94. The Hall–Kier alpha value is -0.610. The molecule has 1 amide bonds. The van der Waals surface area contributed by atoms with E-state index in [0.717, 1.165) is 39.0 Å². The van der Waals surface area contributed by atoms with Gasteiger partial charge in [-0.3, -0.25) is 4.79 Å². The van der Waals surface area contributed by atoms with Gasteiger partial charge in [0.2, 0.25) is 5.91 Å². The Balaban J connectivity index is 2.24. The van der Waals surface area contributed by atoms with Crippen molar-refractivity contribution >= 4 is 5.91 Å². The van der Waals surface area contributed by atoms with Gasteiger partial charge in [0.25, 0.3) is 0 Å². The zero-order valence-electron chi connectivity index (χ0n) is 9.70. The summed E-state index contributed by atoms with van der Waals surface area (Å²) in [5.74, 6) is 0.431. The van der Waals surface area contributed by atoms with Crippen LogP contribution in [0.4, 0.5) is 0 Å². The van der Waals surface area contributed by atoms with Crippen LogP contribution in [-0.2, 0) is 14.3 Å². The molecule has 4 nitrogen and oxygen atoms in total. The highest BCUT2D eigenvalue weighted by molar-refractivity contribution is 5.78. The molecular formula is C11H21NO3. The molecular weight excluding hydrogens is 194 g/mol. The molecule has 1 saturated heterocycles. The molecule has 1 fully saturated rings. The van der Waals surface area contributed by atoms with E-state index in [1.165, 1.54) is 0 Å². The normalized spacial score (nSPS) is 17.7. The van der Waals surface area contributed by atoms with E-state index in [1.54, 1.807) is 7.11 Å². The van der Waals surface area contributed by atoms with Gasteiger partial charge < -0.3 is 14.4 Å². The fraction of sp³-hybridized carbons (Fsp3) is 0.909. The SMILES string of the molecule is COCCCN(C)C(=O)C1CCOCC1. The number of methoxy groups -OCH3 is 1. The van der Waals surface area contributed by atoms with Crippen LogP contribution in [0.1, 0.15) is 19.3 Å². The number of amides is 1. The van der Waals surface area contributed by atoms with Gasteiger partial charge in [0.1, 0.15) is 0 Å². The van der Waals surface area contributed by atoms with Gasteiger partial charge in [0.15, 0.2) is 0 Å². The Kier molecular flexibility index (Phi) is 5.65. The van der Waals surface area contributed by atoms with E-state index in [0.29, 0.717) is 6.61 Å². The molecule has 0 N–H and O–H groups in total. The Bertz CT molecular complexity index is 190. The molecule has 88 valence electrons. The first-order valence-corrected chi connectivity index (χ1v) is 5.57. The molecule has 1 aliphatic heterocycles. The minimum Gasteiger partial charge on any atom is -0.385 e. The topological polar surface area (TPSA) is 38.8 Å². The Morgan fingerprint density at radius 2 is 2.13 bits per heavy atom. The zero-order valence-corrected chi connectivity index (χ0v) is 9.70. The predicted molar refractivity (Wildman–Crippen MR) is 57.7 cm³/mol. The molecule has 1 rings (SSSR count). The highest BCUT2D eigenvalue weighted by Gasteiger charge is 2.23. The van der Waals surface area contributed by atoms with Crippen LogP contribution in [-0.4, -0.2) is 51.3 Å². The van der Waals surface area contributed by atoms with E-state index in [9.17, 15) is 4.79 Å². The van der Waals surface area contributed by atoms with Crippen LogP contribution in [0.2, 0.25) is 0 Å². The largest absolute Gasteiger partial charge is 0.385 e. The smallest absolute Gasteiger partial charge is 0.225 e. The van der Waals surface area contributed by atoms with Crippen LogP contribution in [0.25, 0.3) is 0 Å². The first kappa shape index (κ1) is 12.5. The highest BCUT2D eigenvalue weighted by atomic mass is 16.5. The van der Waals surface area contributed by atoms with Crippen molar-refractivity contribution in [3.63, 3.8) is 0 Å². The number of hydrogen-bond donors (Lipinski definition) is 0. The van der Waals surface area contributed by atoms with Crippen LogP contribution in [0, 0.1) is 5.92 Å². The van der Waals surface area contributed by atoms with E-state index in [4.69, 9.17) is 9.47 Å². The van der Waals surface area contributed by atoms with E-state index < -0.39 is 0 Å². The summed E-state index contributed by atoms with van der Waals surface area (Å²) in [5.41, 5.74) is 0. The van der Waals surface area contributed by atoms with Gasteiger partial charge in [-0.15, -0.1) is 0 Å². The molecule has 1 aliphatic rings. The van der Waals surface area contributed by atoms with Crippen molar-refractivity contribution in [3.8, 4) is 0 Å². The minimum atomic E-state index is 0.172. The van der Waals surface area contributed by atoms with Gasteiger partial charge >= 0.3 is 0 Å². The third-order valence-electron chi connectivity index (χ3n) is 2.79. The molecule has 0 bridgehead atoms. The number of carbonyl (C=O) groups is 1. The average Bonchev–Trinajstić information content (AvgIpc) is 2.29. The molecule has 0 aliphatic carbocycles. The lowest BCUT2D eigenvalue weighted by molar-refractivity contribution is -0.137. The highest BCUT2D eigenvalue weighted by Crippen LogP contribution is 2.16. The van der Waals surface area contributed by atoms with Gasteiger partial charge in [-0.05, 0) is 19.3 Å². The lowest BCUT2D eigenvalue weighted by atomic mass is 9.99. The molecule has 0 aromatic heterocycles. The van der Waals surface area contributed by atoms with Crippen LogP contribution in [0.5, 0.6) is 0 Å². The first-order chi connectivity index (χ1) is 7.25. The molecule has 0 saturated carbocycles. The Morgan fingerprint density at radius 3 is 2.73 bits per heavy atom. The maximum atomic E-state index is 11.9. The van der Waals surface area contributed by atoms with Crippen molar-refractivity contribution in [1.29, 1.82) is 0 Å². The summed E-state index contributed by atoms with van der Waals surface area (Å²) in [6, 6.07) is 0. The second-order valence-electron chi connectivity index (χ2n) is 3.99. The molecule has 0 radical (unpaired) electrons. The molecule has 4 heteroatoms. The quantitative estimate of drug-likeness (QED) is 0.640. The van der Waals surface area contributed by atoms with E-state index >= 15 is 0 Å². The minimum absolute atomic E-state index is 0.172. The third kappa shape index (κ3) is 4.18. The third-order valence-corrected chi connectivity index (χ3v) is 2.79. The second-order valence-corrected chi connectivity index (χ2v) is 3.99. The van der Waals surface area contributed by atoms with Crippen molar-refractivity contribution in [2.45, 2.75) is 19.3 Å². The molecule has 0 spiro atoms. The number of rotatable bonds is 5. The monoisotopic (exact) mass is 215 g/mol. The summed E-state index contributed by atoms with van der Waals surface area (Å²) in [7, 11) is 3.55. The maximum absolute atomic E-state index is 11.9. The standard InChI is InChI=1S/C11H21NO3/c1-12(6-3-7-14-2)11(13)10-4-8-15-9-5-10/h10H,3-9H2,1-2H3.